The van der Waals surface area contributed by atoms with E-state index in [0.717, 1.165) is 49.4 Å². The average Bonchev–Trinajstić information content (AvgIpc) is 2.94. The van der Waals surface area contributed by atoms with Crippen LogP contribution in [0.15, 0.2) is 18.2 Å². The maximum absolute atomic E-state index is 12.6. The van der Waals surface area contributed by atoms with E-state index in [1.54, 1.807) is 12.0 Å². The van der Waals surface area contributed by atoms with Crippen LogP contribution in [-0.2, 0) is 22.5 Å². The molecule has 2 aliphatic heterocycles. The number of rotatable bonds is 6. The molecule has 3 rings (SSSR count). The second kappa shape index (κ2) is 10.7. The van der Waals surface area contributed by atoms with Crippen LogP contribution >= 0.6 is 0 Å². The fraction of sp³-hybridized carbons (Fsp3) is 0.652. The maximum atomic E-state index is 12.6. The molecule has 1 N–H and O–H groups in total. The van der Waals surface area contributed by atoms with Crippen molar-refractivity contribution in [3.63, 3.8) is 0 Å². The van der Waals surface area contributed by atoms with Crippen LogP contribution < -0.4 is 10.1 Å². The Labute approximate surface area is 179 Å². The molecule has 0 spiro atoms. The van der Waals surface area contributed by atoms with Gasteiger partial charge >= 0.3 is 6.03 Å². The average molecular weight is 418 g/mol. The standard InChI is InChI=1S/C23H35N3O4/c1-17(2)24-23(28)26-12-13-30-21-6-4-18(14-20(21)15-26)5-7-22(27)25-10-8-19(9-11-25)16-29-3/h4,6,14,17,19H,5,7-13,15-16H2,1-3H3,(H,24,28). The quantitative estimate of drug-likeness (QED) is 0.773. The van der Waals surface area contributed by atoms with E-state index < -0.39 is 0 Å². The smallest absolute Gasteiger partial charge is 0.318 e. The molecule has 3 amide bonds. The normalized spacial score (nSPS) is 17.3. The van der Waals surface area contributed by atoms with Gasteiger partial charge in [0, 0.05) is 44.8 Å². The Kier molecular flexibility index (Phi) is 7.96. The Morgan fingerprint density at radius 2 is 1.97 bits per heavy atom. The van der Waals surface area contributed by atoms with Gasteiger partial charge in [0.05, 0.1) is 13.1 Å². The number of hydrogen-bond acceptors (Lipinski definition) is 4. The van der Waals surface area contributed by atoms with Crippen molar-refractivity contribution in [2.24, 2.45) is 5.92 Å². The minimum atomic E-state index is -0.0705. The summed E-state index contributed by atoms with van der Waals surface area (Å²) in [5.74, 6) is 1.61. The molecule has 1 saturated heterocycles. The molecule has 0 saturated carbocycles. The van der Waals surface area contributed by atoms with Gasteiger partial charge in [-0.25, -0.2) is 4.79 Å². The summed E-state index contributed by atoms with van der Waals surface area (Å²) >= 11 is 0. The van der Waals surface area contributed by atoms with E-state index >= 15 is 0 Å². The van der Waals surface area contributed by atoms with E-state index in [2.05, 4.69) is 11.4 Å². The molecule has 1 aromatic carbocycles. The van der Waals surface area contributed by atoms with Crippen LogP contribution in [-0.4, -0.2) is 67.7 Å². The molecule has 2 aliphatic rings. The Morgan fingerprint density at radius 3 is 2.67 bits per heavy atom. The molecule has 7 heteroatoms. The topological polar surface area (TPSA) is 71.1 Å². The summed E-state index contributed by atoms with van der Waals surface area (Å²) < 4.78 is 11.1. The lowest BCUT2D eigenvalue weighted by Crippen LogP contribution is -2.43. The second-order valence-corrected chi connectivity index (χ2v) is 8.60. The van der Waals surface area contributed by atoms with E-state index in [-0.39, 0.29) is 18.0 Å². The molecular formula is C23H35N3O4. The summed E-state index contributed by atoms with van der Waals surface area (Å²) in [4.78, 5) is 28.8. The number of ether oxygens (including phenoxy) is 2. The fourth-order valence-electron chi connectivity index (χ4n) is 4.11. The van der Waals surface area contributed by atoms with Gasteiger partial charge in [0.25, 0.3) is 0 Å². The third-order valence-corrected chi connectivity index (χ3v) is 5.80. The molecule has 0 aromatic heterocycles. The van der Waals surface area contributed by atoms with Gasteiger partial charge in [-0.3, -0.25) is 4.79 Å². The van der Waals surface area contributed by atoms with Crippen molar-refractivity contribution in [2.75, 3.05) is 40.0 Å². The van der Waals surface area contributed by atoms with E-state index in [9.17, 15) is 9.59 Å². The van der Waals surface area contributed by atoms with Crippen LogP contribution in [0, 0.1) is 5.92 Å². The highest BCUT2D eigenvalue weighted by atomic mass is 16.5. The molecule has 2 heterocycles. The van der Waals surface area contributed by atoms with E-state index in [0.29, 0.717) is 38.5 Å². The van der Waals surface area contributed by atoms with Crippen LogP contribution in [0.3, 0.4) is 0 Å². The number of fused-ring (bicyclic) bond motifs is 1. The van der Waals surface area contributed by atoms with Crippen LogP contribution in [0.4, 0.5) is 4.79 Å². The van der Waals surface area contributed by atoms with Crippen molar-refractivity contribution < 1.29 is 19.1 Å². The van der Waals surface area contributed by atoms with Gasteiger partial charge in [0.2, 0.25) is 5.91 Å². The minimum Gasteiger partial charge on any atom is -0.491 e. The number of carbonyl (C=O) groups excluding carboxylic acids is 2. The van der Waals surface area contributed by atoms with Gasteiger partial charge in [-0.1, -0.05) is 12.1 Å². The van der Waals surface area contributed by atoms with E-state index in [1.807, 2.05) is 30.9 Å². The SMILES string of the molecule is COCC1CCN(C(=O)CCc2ccc3c(c2)CN(C(=O)NC(C)C)CCO3)CC1. The number of likely N-dealkylation sites (tertiary alicyclic amines) is 1. The molecule has 166 valence electrons. The van der Waals surface area contributed by atoms with Gasteiger partial charge in [-0.15, -0.1) is 0 Å². The zero-order valence-electron chi connectivity index (χ0n) is 18.5. The van der Waals surface area contributed by atoms with Crippen molar-refractivity contribution in [3.05, 3.63) is 29.3 Å². The third-order valence-electron chi connectivity index (χ3n) is 5.80. The molecule has 7 nitrogen and oxygen atoms in total. The van der Waals surface area contributed by atoms with Crippen molar-refractivity contribution in [3.8, 4) is 5.75 Å². The van der Waals surface area contributed by atoms with E-state index in [4.69, 9.17) is 9.47 Å². The second-order valence-electron chi connectivity index (χ2n) is 8.60. The van der Waals surface area contributed by atoms with Gasteiger partial charge < -0.3 is 24.6 Å². The number of aryl methyl sites for hydroxylation is 1. The number of urea groups is 1. The summed E-state index contributed by atoms with van der Waals surface area (Å²) in [6.07, 6.45) is 3.24. The number of methoxy groups -OCH3 is 1. The van der Waals surface area contributed by atoms with Crippen molar-refractivity contribution in [2.45, 2.75) is 52.1 Å². The molecule has 0 unspecified atom stereocenters. The molecule has 0 atom stereocenters. The Hall–Kier alpha value is -2.28. The van der Waals surface area contributed by atoms with Crippen molar-refractivity contribution >= 4 is 11.9 Å². The predicted octanol–water partition coefficient (Wildman–Crippen LogP) is 2.82. The van der Waals surface area contributed by atoms with Gasteiger partial charge in [-0.2, -0.15) is 0 Å². The van der Waals surface area contributed by atoms with Crippen LogP contribution in [0.5, 0.6) is 5.75 Å². The summed E-state index contributed by atoms with van der Waals surface area (Å²) in [6, 6.07) is 6.10. The Balaban J connectivity index is 1.55. The molecule has 1 aromatic rings. The Morgan fingerprint density at radius 1 is 1.20 bits per heavy atom. The number of hydrogen-bond donors (Lipinski definition) is 1. The summed E-state index contributed by atoms with van der Waals surface area (Å²) in [5, 5.41) is 2.95. The number of nitrogens with zero attached hydrogens (tertiary/aromatic N) is 2. The number of nitrogens with one attached hydrogen (secondary N) is 1. The molecule has 0 aliphatic carbocycles. The first-order valence-corrected chi connectivity index (χ1v) is 11.0. The Bertz CT molecular complexity index is 729. The number of amides is 3. The monoisotopic (exact) mass is 417 g/mol. The number of carbonyl (C=O) groups is 2. The first-order chi connectivity index (χ1) is 14.5. The fourth-order valence-corrected chi connectivity index (χ4v) is 4.11. The first kappa shape index (κ1) is 22.4. The van der Waals surface area contributed by atoms with Crippen molar-refractivity contribution in [1.82, 2.24) is 15.1 Å². The summed E-state index contributed by atoms with van der Waals surface area (Å²) in [7, 11) is 1.74. The molecule has 0 bridgehead atoms. The van der Waals surface area contributed by atoms with Crippen LogP contribution in [0.25, 0.3) is 0 Å². The first-order valence-electron chi connectivity index (χ1n) is 11.0. The van der Waals surface area contributed by atoms with E-state index in [1.165, 1.54) is 0 Å². The summed E-state index contributed by atoms with van der Waals surface area (Å²) in [6.45, 7) is 7.89. The zero-order chi connectivity index (χ0) is 21.5. The lowest BCUT2D eigenvalue weighted by molar-refractivity contribution is -0.132. The highest BCUT2D eigenvalue weighted by molar-refractivity contribution is 5.76. The molecular weight excluding hydrogens is 382 g/mol. The highest BCUT2D eigenvalue weighted by Gasteiger charge is 2.23. The molecule has 0 radical (unpaired) electrons. The number of benzene rings is 1. The van der Waals surface area contributed by atoms with Gasteiger partial charge in [-0.05, 0) is 50.7 Å². The van der Waals surface area contributed by atoms with Gasteiger partial charge in [0.15, 0.2) is 0 Å². The number of piperidine rings is 1. The van der Waals surface area contributed by atoms with Gasteiger partial charge in [0.1, 0.15) is 12.4 Å². The molecule has 1 fully saturated rings. The lowest BCUT2D eigenvalue weighted by Gasteiger charge is -2.31. The van der Waals surface area contributed by atoms with Crippen LogP contribution in [0.2, 0.25) is 0 Å². The molecule has 30 heavy (non-hydrogen) atoms. The highest BCUT2D eigenvalue weighted by Crippen LogP contribution is 2.25. The third kappa shape index (κ3) is 6.11. The lowest BCUT2D eigenvalue weighted by atomic mass is 9.97. The van der Waals surface area contributed by atoms with Crippen molar-refractivity contribution in [1.29, 1.82) is 0 Å². The minimum absolute atomic E-state index is 0.0705. The largest absolute Gasteiger partial charge is 0.491 e. The predicted molar refractivity (Wildman–Crippen MR) is 116 cm³/mol. The maximum Gasteiger partial charge on any atom is 0.318 e. The van der Waals surface area contributed by atoms with Crippen LogP contribution in [0.1, 0.15) is 44.2 Å². The zero-order valence-corrected chi connectivity index (χ0v) is 18.5. The summed E-state index contributed by atoms with van der Waals surface area (Å²) in [5.41, 5.74) is 2.10.